The van der Waals surface area contributed by atoms with E-state index in [1.54, 1.807) is 11.2 Å². The normalized spacial score (nSPS) is 20.9. The van der Waals surface area contributed by atoms with Crippen molar-refractivity contribution >= 4 is 23.4 Å². The molecule has 3 aromatic rings. The highest BCUT2D eigenvalue weighted by atomic mass is 35.5. The molecule has 2 aliphatic rings. The highest BCUT2D eigenvalue weighted by Crippen LogP contribution is 2.34. The molecule has 0 spiro atoms. The fourth-order valence-electron chi connectivity index (χ4n) is 5.28. The molecule has 1 aromatic carbocycles. The van der Waals surface area contributed by atoms with Crippen molar-refractivity contribution in [3.05, 3.63) is 71.1 Å². The van der Waals surface area contributed by atoms with Gasteiger partial charge >= 0.3 is 0 Å². The van der Waals surface area contributed by atoms with Gasteiger partial charge in [-0.2, -0.15) is 0 Å². The lowest BCUT2D eigenvalue weighted by Gasteiger charge is -2.45. The van der Waals surface area contributed by atoms with Crippen LogP contribution in [0.25, 0.3) is 11.5 Å². The Labute approximate surface area is 204 Å². The van der Waals surface area contributed by atoms with Gasteiger partial charge in [-0.1, -0.05) is 49.1 Å². The van der Waals surface area contributed by atoms with Gasteiger partial charge in [0, 0.05) is 17.6 Å². The number of fused-ring (bicyclic) bond motifs is 1. The Kier molecular flexibility index (Phi) is 6.26. The number of aromatic nitrogens is 1. The Bertz CT molecular complexity index is 1180. The number of hydrogen-bond donors (Lipinski definition) is 1. The molecule has 2 amide bonds. The van der Waals surface area contributed by atoms with Crippen LogP contribution in [0.3, 0.4) is 0 Å². The Morgan fingerprint density at radius 1 is 1.09 bits per heavy atom. The van der Waals surface area contributed by atoms with Gasteiger partial charge in [0.15, 0.2) is 0 Å². The number of carbonyl (C=O) groups excluding carboxylic acids is 2. The van der Waals surface area contributed by atoms with E-state index < -0.39 is 5.54 Å². The molecule has 7 heteroatoms. The molecule has 0 radical (unpaired) electrons. The molecule has 0 saturated heterocycles. The van der Waals surface area contributed by atoms with Crippen molar-refractivity contribution in [2.45, 2.75) is 63.6 Å². The van der Waals surface area contributed by atoms with Gasteiger partial charge < -0.3 is 19.2 Å². The number of carbonyl (C=O) groups is 2. The lowest BCUT2D eigenvalue weighted by Crippen LogP contribution is -2.65. The first-order valence-electron chi connectivity index (χ1n) is 12.1. The van der Waals surface area contributed by atoms with Crippen LogP contribution in [0.4, 0.5) is 0 Å². The van der Waals surface area contributed by atoms with Crippen molar-refractivity contribution in [3.8, 4) is 11.5 Å². The molecule has 1 atom stereocenters. The highest BCUT2D eigenvalue weighted by molar-refractivity contribution is 6.31. The van der Waals surface area contributed by atoms with Gasteiger partial charge in [-0.3, -0.25) is 9.59 Å². The van der Waals surface area contributed by atoms with E-state index >= 15 is 0 Å². The molecule has 34 heavy (non-hydrogen) atoms. The summed E-state index contributed by atoms with van der Waals surface area (Å²) in [4.78, 5) is 29.3. The minimum atomic E-state index is -1.04. The molecular formula is C27H30ClN3O3. The molecule has 178 valence electrons. The van der Waals surface area contributed by atoms with Gasteiger partial charge in [0.05, 0.1) is 18.5 Å². The SMILES string of the molecule is C[C@@]1(C(=O)NC2CCCCC2)Cn2c(ccc2-c2ccco2)C(=O)N1CCc1ccccc1Cl. The van der Waals surface area contributed by atoms with Gasteiger partial charge in [-0.05, 0) is 62.1 Å². The number of halogens is 1. The van der Waals surface area contributed by atoms with Crippen molar-refractivity contribution < 1.29 is 14.0 Å². The molecule has 1 aliphatic carbocycles. The summed E-state index contributed by atoms with van der Waals surface area (Å²) in [5.74, 6) is 0.424. The van der Waals surface area contributed by atoms with Crippen molar-refractivity contribution in [2.75, 3.05) is 6.54 Å². The smallest absolute Gasteiger partial charge is 0.271 e. The van der Waals surface area contributed by atoms with Crippen molar-refractivity contribution in [1.82, 2.24) is 14.8 Å². The van der Waals surface area contributed by atoms with Crippen LogP contribution in [0.2, 0.25) is 5.02 Å². The molecule has 1 fully saturated rings. The average molecular weight is 480 g/mol. The zero-order chi connectivity index (χ0) is 23.7. The van der Waals surface area contributed by atoms with Gasteiger partial charge in [0.25, 0.3) is 5.91 Å². The fourth-order valence-corrected chi connectivity index (χ4v) is 5.51. The Hall–Kier alpha value is -2.99. The Balaban J connectivity index is 1.48. The predicted molar refractivity (Wildman–Crippen MR) is 132 cm³/mol. The van der Waals surface area contributed by atoms with Crippen LogP contribution in [0.1, 0.15) is 55.1 Å². The van der Waals surface area contributed by atoms with Crippen molar-refractivity contribution in [2.24, 2.45) is 0 Å². The van der Waals surface area contributed by atoms with Gasteiger partial charge in [-0.25, -0.2) is 0 Å². The van der Waals surface area contributed by atoms with Gasteiger partial charge in [0.1, 0.15) is 17.0 Å². The van der Waals surface area contributed by atoms with Crippen LogP contribution in [0, 0.1) is 0 Å². The molecule has 1 N–H and O–H groups in total. The third-order valence-corrected chi connectivity index (χ3v) is 7.64. The van der Waals surface area contributed by atoms with Gasteiger partial charge in [0.2, 0.25) is 5.91 Å². The number of rotatable bonds is 6. The largest absolute Gasteiger partial charge is 0.463 e. The average Bonchev–Trinajstić information content (AvgIpc) is 3.50. The van der Waals surface area contributed by atoms with Crippen LogP contribution < -0.4 is 5.32 Å². The molecule has 1 aliphatic heterocycles. The van der Waals surface area contributed by atoms with E-state index in [0.717, 1.165) is 36.9 Å². The molecular weight excluding hydrogens is 450 g/mol. The summed E-state index contributed by atoms with van der Waals surface area (Å²) in [6, 6.07) is 15.2. The number of furan rings is 1. The summed E-state index contributed by atoms with van der Waals surface area (Å²) in [5.41, 5.74) is 1.29. The number of nitrogens with one attached hydrogen (secondary N) is 1. The van der Waals surface area contributed by atoms with E-state index in [0.29, 0.717) is 36.0 Å². The second-order valence-electron chi connectivity index (χ2n) is 9.55. The van der Waals surface area contributed by atoms with Crippen LogP contribution >= 0.6 is 11.6 Å². The Morgan fingerprint density at radius 2 is 1.85 bits per heavy atom. The lowest BCUT2D eigenvalue weighted by atomic mass is 9.91. The highest BCUT2D eigenvalue weighted by Gasteiger charge is 2.48. The summed E-state index contributed by atoms with van der Waals surface area (Å²) in [6.07, 6.45) is 7.63. The summed E-state index contributed by atoms with van der Waals surface area (Å²) in [5, 5.41) is 3.94. The maximum absolute atomic E-state index is 13.8. The fraction of sp³-hybridized carbons (Fsp3) is 0.407. The number of nitrogens with zero attached hydrogens (tertiary/aromatic N) is 2. The van der Waals surface area contributed by atoms with E-state index in [2.05, 4.69) is 5.32 Å². The minimum absolute atomic E-state index is 0.100. The Morgan fingerprint density at radius 3 is 2.59 bits per heavy atom. The molecule has 0 unspecified atom stereocenters. The van der Waals surface area contributed by atoms with E-state index in [1.807, 2.05) is 60.0 Å². The molecule has 3 heterocycles. The summed E-state index contributed by atoms with van der Waals surface area (Å²) in [7, 11) is 0. The topological polar surface area (TPSA) is 67.5 Å². The quantitative estimate of drug-likeness (QED) is 0.521. The van der Waals surface area contributed by atoms with Gasteiger partial charge in [-0.15, -0.1) is 0 Å². The lowest BCUT2D eigenvalue weighted by molar-refractivity contribution is -0.133. The van der Waals surface area contributed by atoms with Crippen LogP contribution in [0.15, 0.2) is 59.2 Å². The molecule has 6 nitrogen and oxygen atoms in total. The number of amides is 2. The summed E-state index contributed by atoms with van der Waals surface area (Å²) in [6.45, 7) is 2.64. The monoisotopic (exact) mass is 479 g/mol. The molecule has 0 bridgehead atoms. The predicted octanol–water partition coefficient (Wildman–Crippen LogP) is 5.31. The van der Waals surface area contributed by atoms with E-state index in [-0.39, 0.29) is 17.9 Å². The zero-order valence-corrected chi connectivity index (χ0v) is 20.2. The molecule has 2 aromatic heterocycles. The third-order valence-electron chi connectivity index (χ3n) is 7.27. The third kappa shape index (κ3) is 4.16. The van der Waals surface area contributed by atoms with Crippen molar-refractivity contribution in [3.63, 3.8) is 0 Å². The molecule has 1 saturated carbocycles. The van der Waals surface area contributed by atoms with E-state index in [9.17, 15) is 9.59 Å². The summed E-state index contributed by atoms with van der Waals surface area (Å²) >= 11 is 6.38. The molecule has 5 rings (SSSR count). The van der Waals surface area contributed by atoms with E-state index in [4.69, 9.17) is 16.0 Å². The van der Waals surface area contributed by atoms with Crippen LogP contribution in [-0.2, 0) is 17.8 Å². The standard InChI is InChI=1S/C27H30ClN3O3/c1-27(26(33)29-20-9-3-2-4-10-20)18-30-22(24-12-7-17-34-24)13-14-23(30)25(32)31(27)16-15-19-8-5-6-11-21(19)28/h5-8,11-14,17,20H,2-4,9-10,15-16,18H2,1H3,(H,29,33)/t27-/m0/s1. The second-order valence-corrected chi connectivity index (χ2v) is 9.95. The second kappa shape index (κ2) is 9.34. The number of benzene rings is 1. The summed E-state index contributed by atoms with van der Waals surface area (Å²) < 4.78 is 7.54. The minimum Gasteiger partial charge on any atom is -0.463 e. The zero-order valence-electron chi connectivity index (χ0n) is 19.4. The number of hydrogen-bond acceptors (Lipinski definition) is 3. The first kappa shape index (κ1) is 22.8. The van der Waals surface area contributed by atoms with Crippen LogP contribution in [-0.4, -0.2) is 39.4 Å². The first-order chi connectivity index (χ1) is 16.5. The first-order valence-corrected chi connectivity index (χ1v) is 12.4. The maximum Gasteiger partial charge on any atom is 0.271 e. The maximum atomic E-state index is 13.8. The van der Waals surface area contributed by atoms with Crippen LogP contribution in [0.5, 0.6) is 0 Å². The van der Waals surface area contributed by atoms with E-state index in [1.165, 1.54) is 6.42 Å². The van der Waals surface area contributed by atoms with Crippen molar-refractivity contribution in [1.29, 1.82) is 0 Å².